The predicted molar refractivity (Wildman–Crippen MR) is 70.6 cm³/mol. The lowest BCUT2D eigenvalue weighted by Gasteiger charge is -2.34. The molecule has 2 unspecified atom stereocenters. The van der Waals surface area contributed by atoms with E-state index in [1.54, 1.807) is 6.92 Å². The van der Waals surface area contributed by atoms with Crippen molar-refractivity contribution >= 4 is 33.0 Å². The van der Waals surface area contributed by atoms with E-state index < -0.39 is 10.0 Å². The van der Waals surface area contributed by atoms with Crippen molar-refractivity contribution < 1.29 is 13.2 Å². The molecule has 1 aliphatic heterocycles. The summed E-state index contributed by atoms with van der Waals surface area (Å²) in [5.41, 5.74) is 0.455. The fraction of sp³-hybridized carbons (Fsp3) is 0.700. The van der Waals surface area contributed by atoms with Crippen molar-refractivity contribution in [1.82, 2.24) is 9.29 Å². The largest absolute Gasteiger partial charge is 0.373 e. The lowest BCUT2D eigenvalue weighted by atomic mass is 10.3. The summed E-state index contributed by atoms with van der Waals surface area (Å²) in [6.07, 6.45) is -0.209. The van der Waals surface area contributed by atoms with Crippen LogP contribution < -0.4 is 0 Å². The van der Waals surface area contributed by atoms with E-state index in [1.807, 2.05) is 13.8 Å². The van der Waals surface area contributed by atoms with Crippen molar-refractivity contribution in [3.05, 3.63) is 10.2 Å². The zero-order valence-corrected chi connectivity index (χ0v) is 12.8. The van der Waals surface area contributed by atoms with Crippen molar-refractivity contribution in [2.75, 3.05) is 13.1 Å². The Morgan fingerprint density at radius 1 is 1.39 bits per heavy atom. The van der Waals surface area contributed by atoms with Crippen LogP contribution in [0.25, 0.3) is 0 Å². The van der Waals surface area contributed by atoms with Gasteiger partial charge in [-0.25, -0.2) is 13.4 Å². The van der Waals surface area contributed by atoms with Crippen molar-refractivity contribution in [3.63, 3.8) is 0 Å². The van der Waals surface area contributed by atoms with Gasteiger partial charge in [0.05, 0.1) is 17.9 Å². The number of aromatic nitrogens is 1. The summed E-state index contributed by atoms with van der Waals surface area (Å²) >= 11 is 6.77. The Morgan fingerprint density at radius 3 is 2.39 bits per heavy atom. The summed E-state index contributed by atoms with van der Waals surface area (Å²) in [4.78, 5) is 3.96. The Balaban J connectivity index is 2.34. The van der Waals surface area contributed by atoms with Crippen molar-refractivity contribution in [3.8, 4) is 0 Å². The Hall–Kier alpha value is -0.210. The second-order valence-electron chi connectivity index (χ2n) is 4.42. The smallest absolute Gasteiger partial charge is 0.254 e. The van der Waals surface area contributed by atoms with E-state index >= 15 is 0 Å². The molecule has 0 bridgehead atoms. The maximum absolute atomic E-state index is 12.5. The van der Waals surface area contributed by atoms with Crippen LogP contribution in [0.4, 0.5) is 0 Å². The Labute approximate surface area is 116 Å². The molecule has 8 heteroatoms. The molecular formula is C10H15ClN2O3S2. The number of rotatable bonds is 2. The van der Waals surface area contributed by atoms with Crippen LogP contribution in [0.15, 0.2) is 4.21 Å². The van der Waals surface area contributed by atoms with Gasteiger partial charge in [0.15, 0.2) is 8.68 Å². The van der Waals surface area contributed by atoms with Crippen LogP contribution in [-0.4, -0.2) is 43.0 Å². The Bertz CT molecular complexity index is 533. The van der Waals surface area contributed by atoms with E-state index in [0.29, 0.717) is 18.8 Å². The van der Waals surface area contributed by atoms with Gasteiger partial charge in [-0.15, -0.1) is 0 Å². The summed E-state index contributed by atoms with van der Waals surface area (Å²) in [5, 5.41) is 0. The second-order valence-corrected chi connectivity index (χ2v) is 8.13. The maximum Gasteiger partial charge on any atom is 0.254 e. The van der Waals surface area contributed by atoms with Gasteiger partial charge in [0.2, 0.25) is 0 Å². The van der Waals surface area contributed by atoms with Gasteiger partial charge in [-0.05, 0) is 20.8 Å². The van der Waals surface area contributed by atoms with Gasteiger partial charge in [-0.1, -0.05) is 22.9 Å². The van der Waals surface area contributed by atoms with Crippen LogP contribution in [-0.2, 0) is 14.8 Å². The minimum absolute atomic E-state index is 0.104. The molecule has 1 fully saturated rings. The van der Waals surface area contributed by atoms with Crippen LogP contribution in [0.3, 0.4) is 0 Å². The summed E-state index contributed by atoms with van der Waals surface area (Å²) < 4.78 is 32.5. The molecule has 1 aliphatic rings. The summed E-state index contributed by atoms with van der Waals surface area (Å²) in [6.45, 7) is 6.11. The first kappa shape index (κ1) is 14.2. The molecule has 1 saturated heterocycles. The lowest BCUT2D eigenvalue weighted by Crippen LogP contribution is -2.48. The van der Waals surface area contributed by atoms with Gasteiger partial charge < -0.3 is 4.74 Å². The van der Waals surface area contributed by atoms with Crippen LogP contribution in [0.2, 0.25) is 4.47 Å². The van der Waals surface area contributed by atoms with E-state index in [0.717, 1.165) is 11.3 Å². The summed E-state index contributed by atoms with van der Waals surface area (Å²) in [6, 6.07) is 0. The van der Waals surface area contributed by atoms with Gasteiger partial charge in [-0.3, -0.25) is 0 Å². The highest BCUT2D eigenvalue weighted by Crippen LogP contribution is 2.30. The first-order valence-corrected chi connectivity index (χ1v) is 8.22. The first-order chi connectivity index (χ1) is 8.30. The standard InChI is InChI=1S/C10H15ClN2O3S2/c1-6-4-13(5-7(2)16-6)18(14,15)9-8(3)12-10(11)17-9/h6-7H,4-5H2,1-3H3. The number of nitrogens with zero attached hydrogens (tertiary/aromatic N) is 2. The van der Waals surface area contributed by atoms with E-state index in [4.69, 9.17) is 16.3 Å². The number of hydrogen-bond acceptors (Lipinski definition) is 5. The van der Waals surface area contributed by atoms with Crippen LogP contribution in [0.1, 0.15) is 19.5 Å². The Morgan fingerprint density at radius 2 is 1.94 bits per heavy atom. The molecule has 0 N–H and O–H groups in total. The molecule has 0 aromatic carbocycles. The molecule has 1 aromatic rings. The Kier molecular flexibility index (Phi) is 3.99. The molecule has 5 nitrogen and oxygen atoms in total. The normalized spacial score (nSPS) is 26.4. The van der Waals surface area contributed by atoms with Gasteiger partial charge in [-0.2, -0.15) is 4.31 Å². The van der Waals surface area contributed by atoms with E-state index in [1.165, 1.54) is 4.31 Å². The minimum atomic E-state index is -3.51. The highest BCUT2D eigenvalue weighted by Gasteiger charge is 2.34. The molecule has 2 rings (SSSR count). The third-order valence-corrected chi connectivity index (χ3v) is 6.37. The molecule has 0 spiro atoms. The number of sulfonamides is 1. The third kappa shape index (κ3) is 2.70. The molecule has 0 aliphatic carbocycles. The van der Waals surface area contributed by atoms with Crippen LogP contribution in [0.5, 0.6) is 0 Å². The third-order valence-electron chi connectivity index (χ3n) is 2.69. The van der Waals surface area contributed by atoms with E-state index in [9.17, 15) is 8.42 Å². The molecule has 0 amide bonds. The molecule has 1 aromatic heterocycles. The second kappa shape index (κ2) is 5.05. The fourth-order valence-electron chi connectivity index (χ4n) is 2.03. The number of aryl methyl sites for hydroxylation is 1. The molecule has 102 valence electrons. The van der Waals surface area contributed by atoms with Gasteiger partial charge in [0.1, 0.15) is 0 Å². The highest BCUT2D eigenvalue weighted by molar-refractivity contribution is 7.91. The average molecular weight is 311 g/mol. The zero-order chi connectivity index (χ0) is 13.5. The SMILES string of the molecule is Cc1nc(Cl)sc1S(=O)(=O)N1CC(C)OC(C)C1. The number of ether oxygens (including phenoxy) is 1. The van der Waals surface area contributed by atoms with Crippen molar-refractivity contribution in [2.45, 2.75) is 37.2 Å². The van der Waals surface area contributed by atoms with E-state index in [2.05, 4.69) is 4.98 Å². The molecule has 2 heterocycles. The van der Waals surface area contributed by atoms with Crippen molar-refractivity contribution in [1.29, 1.82) is 0 Å². The molecule has 2 atom stereocenters. The quantitative estimate of drug-likeness (QED) is 0.837. The highest BCUT2D eigenvalue weighted by atomic mass is 35.5. The van der Waals surface area contributed by atoms with Crippen LogP contribution >= 0.6 is 22.9 Å². The van der Waals surface area contributed by atoms with E-state index in [-0.39, 0.29) is 20.9 Å². The lowest BCUT2D eigenvalue weighted by molar-refractivity contribution is -0.0440. The number of morpholine rings is 1. The molecule has 0 radical (unpaired) electrons. The first-order valence-electron chi connectivity index (χ1n) is 5.59. The van der Waals surface area contributed by atoms with Gasteiger partial charge in [0, 0.05) is 13.1 Å². The average Bonchev–Trinajstić information content (AvgIpc) is 2.57. The molecule has 18 heavy (non-hydrogen) atoms. The molecule has 0 saturated carbocycles. The summed E-state index contributed by atoms with van der Waals surface area (Å²) in [7, 11) is -3.51. The fourth-order valence-corrected chi connectivity index (χ4v) is 5.50. The van der Waals surface area contributed by atoms with Crippen molar-refractivity contribution in [2.24, 2.45) is 0 Å². The number of hydrogen-bond donors (Lipinski definition) is 0. The van der Waals surface area contributed by atoms with Gasteiger partial charge >= 0.3 is 0 Å². The van der Waals surface area contributed by atoms with Gasteiger partial charge in [0.25, 0.3) is 10.0 Å². The topological polar surface area (TPSA) is 59.5 Å². The molecular weight excluding hydrogens is 296 g/mol. The monoisotopic (exact) mass is 310 g/mol. The van der Waals surface area contributed by atoms with Crippen LogP contribution in [0, 0.1) is 6.92 Å². The number of thiazole rings is 1. The number of halogens is 1. The minimum Gasteiger partial charge on any atom is -0.373 e. The zero-order valence-electron chi connectivity index (χ0n) is 10.4. The maximum atomic E-state index is 12.5. The predicted octanol–water partition coefficient (Wildman–Crippen LogP) is 1.90. The summed E-state index contributed by atoms with van der Waals surface area (Å²) in [5.74, 6) is 0.